The van der Waals surface area contributed by atoms with Crippen LogP contribution in [0.25, 0.3) is 43.7 Å². The number of fused-ring (bicyclic) bond motifs is 7. The molecule has 4 heteroatoms. The Balaban J connectivity index is 2.03. The molecule has 0 N–H and O–H groups in total. The lowest BCUT2D eigenvalue weighted by Crippen LogP contribution is -1.80. The van der Waals surface area contributed by atoms with Crippen molar-refractivity contribution < 1.29 is 8.83 Å². The van der Waals surface area contributed by atoms with E-state index in [2.05, 4.69) is 34.2 Å². The summed E-state index contributed by atoms with van der Waals surface area (Å²) in [6.07, 6.45) is 0. The van der Waals surface area contributed by atoms with Gasteiger partial charge in [0.15, 0.2) is 22.9 Å². The number of oxazole rings is 2. The van der Waals surface area contributed by atoms with Crippen LogP contribution in [-0.2, 0) is 0 Å². The maximum atomic E-state index is 5.77. The molecule has 0 radical (unpaired) electrons. The van der Waals surface area contributed by atoms with Gasteiger partial charge in [-0.05, 0) is 35.0 Å². The van der Waals surface area contributed by atoms with E-state index in [0.717, 1.165) is 43.7 Å². The van der Waals surface area contributed by atoms with Gasteiger partial charge in [0.1, 0.15) is 11.0 Å². The fraction of sp³-hybridized carbons (Fsp3) is 0.111. The predicted molar refractivity (Wildman–Crippen MR) is 86.1 cm³/mol. The van der Waals surface area contributed by atoms with Crippen molar-refractivity contribution in [3.05, 3.63) is 48.2 Å². The Labute approximate surface area is 125 Å². The van der Waals surface area contributed by atoms with Gasteiger partial charge in [0, 0.05) is 24.6 Å². The van der Waals surface area contributed by atoms with Crippen LogP contribution in [0.4, 0.5) is 0 Å². The fourth-order valence-electron chi connectivity index (χ4n) is 3.21. The smallest absolute Gasteiger partial charge is 0.192 e. The average Bonchev–Trinajstić information content (AvgIpc) is 3.07. The van der Waals surface area contributed by atoms with Gasteiger partial charge in [-0.1, -0.05) is 12.1 Å². The summed E-state index contributed by atoms with van der Waals surface area (Å²) in [6, 6.07) is 12.3. The molecule has 2 aromatic heterocycles. The molecule has 0 unspecified atom stereocenters. The van der Waals surface area contributed by atoms with Crippen molar-refractivity contribution in [3.63, 3.8) is 0 Å². The highest BCUT2D eigenvalue weighted by Crippen LogP contribution is 2.34. The van der Waals surface area contributed by atoms with Crippen molar-refractivity contribution in [2.75, 3.05) is 0 Å². The number of benzene rings is 3. The van der Waals surface area contributed by atoms with Gasteiger partial charge in [-0.3, -0.25) is 0 Å². The van der Waals surface area contributed by atoms with Gasteiger partial charge in [0.05, 0.1) is 0 Å². The van der Waals surface area contributed by atoms with Crippen LogP contribution in [0, 0.1) is 13.8 Å². The van der Waals surface area contributed by atoms with Crippen molar-refractivity contribution in [1.29, 1.82) is 0 Å². The largest absolute Gasteiger partial charge is 0.440 e. The number of hydrogen-bond donors (Lipinski definition) is 0. The number of aryl methyl sites for hydroxylation is 2. The lowest BCUT2D eigenvalue weighted by molar-refractivity contribution is 0.563. The average molecular weight is 288 g/mol. The molecule has 0 aliphatic carbocycles. The molecular weight excluding hydrogens is 276 g/mol. The second kappa shape index (κ2) is 3.85. The van der Waals surface area contributed by atoms with Gasteiger partial charge in [0.2, 0.25) is 0 Å². The molecule has 2 heterocycles. The highest BCUT2D eigenvalue weighted by molar-refractivity contribution is 6.19. The molecular formula is C18H12N2O2. The summed E-state index contributed by atoms with van der Waals surface area (Å²) in [5.74, 6) is 1.37. The summed E-state index contributed by atoms with van der Waals surface area (Å²) in [7, 11) is 0. The summed E-state index contributed by atoms with van der Waals surface area (Å²) in [5, 5.41) is 4.41. The summed E-state index contributed by atoms with van der Waals surface area (Å²) in [5.41, 5.74) is 3.46. The van der Waals surface area contributed by atoms with E-state index in [-0.39, 0.29) is 0 Å². The number of rotatable bonds is 0. The minimum atomic E-state index is 0.684. The van der Waals surface area contributed by atoms with E-state index in [9.17, 15) is 0 Å². The van der Waals surface area contributed by atoms with Crippen LogP contribution in [0.15, 0.2) is 45.2 Å². The summed E-state index contributed by atoms with van der Waals surface area (Å²) >= 11 is 0. The highest BCUT2D eigenvalue weighted by atomic mass is 16.4. The Morgan fingerprint density at radius 3 is 1.45 bits per heavy atom. The summed E-state index contributed by atoms with van der Waals surface area (Å²) in [4.78, 5) is 8.80. The van der Waals surface area contributed by atoms with E-state index in [1.54, 1.807) is 0 Å². The fourth-order valence-corrected chi connectivity index (χ4v) is 3.21. The lowest BCUT2D eigenvalue weighted by atomic mass is 10.0. The van der Waals surface area contributed by atoms with E-state index < -0.39 is 0 Å². The van der Waals surface area contributed by atoms with E-state index in [0.29, 0.717) is 11.8 Å². The van der Waals surface area contributed by atoms with Gasteiger partial charge in [-0.2, -0.15) is 0 Å². The minimum Gasteiger partial charge on any atom is -0.440 e. The zero-order valence-corrected chi connectivity index (χ0v) is 12.2. The van der Waals surface area contributed by atoms with Crippen LogP contribution in [0.3, 0.4) is 0 Å². The zero-order valence-electron chi connectivity index (χ0n) is 12.2. The first-order valence-electron chi connectivity index (χ1n) is 7.19. The van der Waals surface area contributed by atoms with Gasteiger partial charge in [-0.25, -0.2) is 9.97 Å². The molecule has 0 fully saturated rings. The second-order valence-corrected chi connectivity index (χ2v) is 5.55. The molecule has 4 nitrogen and oxygen atoms in total. The Morgan fingerprint density at radius 2 is 1.00 bits per heavy atom. The van der Waals surface area contributed by atoms with Crippen molar-refractivity contribution in [1.82, 2.24) is 9.97 Å². The Bertz CT molecular complexity index is 1100. The first-order valence-corrected chi connectivity index (χ1v) is 7.19. The first kappa shape index (κ1) is 11.7. The number of nitrogens with zero attached hydrogens (tertiary/aromatic N) is 2. The Kier molecular flexibility index (Phi) is 2.06. The molecule has 0 saturated carbocycles. The molecule has 0 aliphatic rings. The Hall–Kier alpha value is -2.88. The van der Waals surface area contributed by atoms with Crippen LogP contribution in [0.1, 0.15) is 11.8 Å². The zero-order chi connectivity index (χ0) is 14.8. The molecule has 0 aliphatic heterocycles. The second-order valence-electron chi connectivity index (χ2n) is 5.55. The van der Waals surface area contributed by atoms with Crippen molar-refractivity contribution in [3.8, 4) is 0 Å². The standard InChI is InChI=1S/C18H12N2O2/c1-9-19-15-7-5-11-12-6-8-16-18(22-10(2)20-16)14(12)4-3-13(11)17(15)21-9/h3-8H,1-2H3. The third-order valence-corrected chi connectivity index (χ3v) is 4.11. The molecule has 0 atom stereocenters. The molecule has 5 rings (SSSR count). The first-order chi connectivity index (χ1) is 10.7. The van der Waals surface area contributed by atoms with Crippen LogP contribution in [-0.4, -0.2) is 9.97 Å². The summed E-state index contributed by atoms with van der Waals surface area (Å²) < 4.78 is 11.5. The van der Waals surface area contributed by atoms with E-state index in [1.165, 1.54) is 0 Å². The van der Waals surface area contributed by atoms with Gasteiger partial charge in [-0.15, -0.1) is 0 Å². The molecule has 106 valence electrons. The van der Waals surface area contributed by atoms with E-state index in [4.69, 9.17) is 8.83 Å². The molecule has 3 aromatic carbocycles. The molecule has 5 aromatic rings. The number of aromatic nitrogens is 2. The predicted octanol–water partition coefficient (Wildman–Crippen LogP) is 4.89. The highest BCUT2D eigenvalue weighted by Gasteiger charge is 2.12. The third kappa shape index (κ3) is 1.41. The lowest BCUT2D eigenvalue weighted by Gasteiger charge is -2.04. The minimum absolute atomic E-state index is 0.684. The summed E-state index contributed by atoms with van der Waals surface area (Å²) in [6.45, 7) is 3.74. The number of hydrogen-bond acceptors (Lipinski definition) is 4. The van der Waals surface area contributed by atoms with Gasteiger partial charge < -0.3 is 8.83 Å². The molecule has 0 amide bonds. The SMILES string of the molecule is Cc1nc2ccc3c4ccc5nc(C)oc5c4ccc3c2o1. The van der Waals surface area contributed by atoms with Gasteiger partial charge in [0.25, 0.3) is 0 Å². The molecule has 22 heavy (non-hydrogen) atoms. The third-order valence-electron chi connectivity index (χ3n) is 4.11. The van der Waals surface area contributed by atoms with E-state index >= 15 is 0 Å². The van der Waals surface area contributed by atoms with Crippen LogP contribution >= 0.6 is 0 Å². The molecule has 0 bridgehead atoms. The maximum Gasteiger partial charge on any atom is 0.192 e. The van der Waals surface area contributed by atoms with Crippen LogP contribution < -0.4 is 0 Å². The topological polar surface area (TPSA) is 52.1 Å². The van der Waals surface area contributed by atoms with Crippen molar-refractivity contribution >= 4 is 43.7 Å². The molecule has 0 saturated heterocycles. The van der Waals surface area contributed by atoms with Crippen LogP contribution in [0.2, 0.25) is 0 Å². The molecule has 0 spiro atoms. The van der Waals surface area contributed by atoms with E-state index in [1.807, 2.05) is 26.0 Å². The maximum absolute atomic E-state index is 5.77. The quantitative estimate of drug-likeness (QED) is 0.381. The van der Waals surface area contributed by atoms with Crippen LogP contribution in [0.5, 0.6) is 0 Å². The van der Waals surface area contributed by atoms with Gasteiger partial charge >= 0.3 is 0 Å². The Morgan fingerprint density at radius 1 is 0.591 bits per heavy atom. The normalized spacial score (nSPS) is 12.1. The van der Waals surface area contributed by atoms with Crippen molar-refractivity contribution in [2.45, 2.75) is 13.8 Å². The van der Waals surface area contributed by atoms with Crippen molar-refractivity contribution in [2.24, 2.45) is 0 Å². The monoisotopic (exact) mass is 288 g/mol.